The van der Waals surface area contributed by atoms with Crippen LogP contribution in [-0.2, 0) is 4.74 Å². The van der Waals surface area contributed by atoms with Crippen LogP contribution < -0.4 is 5.32 Å². The Labute approximate surface area is 108 Å². The van der Waals surface area contributed by atoms with Gasteiger partial charge in [0.1, 0.15) is 0 Å². The lowest BCUT2D eigenvalue weighted by molar-refractivity contribution is 0.0552. The number of nitrogens with one attached hydrogen (secondary N) is 1. The molecule has 1 N–H and O–H groups in total. The molecule has 102 valence electrons. The van der Waals surface area contributed by atoms with E-state index in [1.165, 1.54) is 19.3 Å². The van der Waals surface area contributed by atoms with Crippen molar-refractivity contribution in [1.82, 2.24) is 5.32 Å². The molecule has 17 heavy (non-hydrogen) atoms. The van der Waals surface area contributed by atoms with E-state index in [0.29, 0.717) is 0 Å². The molecule has 0 aromatic heterocycles. The van der Waals surface area contributed by atoms with Crippen molar-refractivity contribution in [3.05, 3.63) is 0 Å². The zero-order valence-electron chi connectivity index (χ0n) is 12.4. The third kappa shape index (κ3) is 6.42. The first-order valence-electron chi connectivity index (χ1n) is 7.21. The summed E-state index contributed by atoms with van der Waals surface area (Å²) in [5.74, 6) is 2.46. The first-order chi connectivity index (χ1) is 7.88. The van der Waals surface area contributed by atoms with Gasteiger partial charge in [0.15, 0.2) is 0 Å². The van der Waals surface area contributed by atoms with E-state index < -0.39 is 0 Å². The molecular formula is C15H31NO. The number of ether oxygens (including phenoxy) is 1. The maximum Gasteiger partial charge on any atom is 0.0468 e. The molecule has 1 saturated heterocycles. The summed E-state index contributed by atoms with van der Waals surface area (Å²) in [4.78, 5) is 0. The van der Waals surface area contributed by atoms with Crippen LogP contribution in [0.1, 0.15) is 53.9 Å². The second kappa shape index (κ2) is 6.75. The van der Waals surface area contributed by atoms with Gasteiger partial charge in [-0.05, 0) is 64.3 Å². The fourth-order valence-corrected chi connectivity index (χ4v) is 2.44. The van der Waals surface area contributed by atoms with Gasteiger partial charge in [-0.3, -0.25) is 0 Å². The maximum absolute atomic E-state index is 5.44. The van der Waals surface area contributed by atoms with E-state index in [2.05, 4.69) is 39.9 Å². The van der Waals surface area contributed by atoms with Gasteiger partial charge in [-0.1, -0.05) is 13.8 Å². The molecular weight excluding hydrogens is 210 g/mol. The smallest absolute Gasteiger partial charge is 0.0468 e. The van der Waals surface area contributed by atoms with Gasteiger partial charge < -0.3 is 10.1 Å². The molecule has 0 bridgehead atoms. The molecule has 1 aliphatic heterocycles. The number of hydrogen-bond donors (Lipinski definition) is 1. The zero-order valence-corrected chi connectivity index (χ0v) is 12.4. The van der Waals surface area contributed by atoms with Gasteiger partial charge in [0.25, 0.3) is 0 Å². The van der Waals surface area contributed by atoms with Crippen molar-refractivity contribution >= 4 is 0 Å². The average Bonchev–Trinajstić information content (AvgIpc) is 2.24. The minimum atomic E-state index is 0.239. The lowest BCUT2D eigenvalue weighted by Crippen LogP contribution is -2.40. The van der Waals surface area contributed by atoms with Crippen LogP contribution in [0.3, 0.4) is 0 Å². The highest BCUT2D eigenvalue weighted by Gasteiger charge is 2.22. The third-order valence-corrected chi connectivity index (χ3v) is 3.81. The summed E-state index contributed by atoms with van der Waals surface area (Å²) in [7, 11) is 0. The maximum atomic E-state index is 5.44. The predicted molar refractivity (Wildman–Crippen MR) is 74.2 cm³/mol. The second-order valence-corrected chi connectivity index (χ2v) is 6.93. The van der Waals surface area contributed by atoms with Gasteiger partial charge in [-0.15, -0.1) is 0 Å². The molecule has 0 aromatic rings. The molecule has 2 nitrogen and oxygen atoms in total. The largest absolute Gasteiger partial charge is 0.381 e. The molecule has 0 aromatic carbocycles. The van der Waals surface area contributed by atoms with E-state index in [9.17, 15) is 0 Å². The lowest BCUT2D eigenvalue weighted by Gasteiger charge is -2.31. The molecule has 0 spiro atoms. The fourth-order valence-electron chi connectivity index (χ4n) is 2.44. The van der Waals surface area contributed by atoms with Crippen LogP contribution in [0.2, 0.25) is 0 Å². The monoisotopic (exact) mass is 241 g/mol. The van der Waals surface area contributed by atoms with Crippen molar-refractivity contribution in [2.45, 2.75) is 59.4 Å². The molecule has 1 unspecified atom stereocenters. The minimum absolute atomic E-state index is 0.239. The summed E-state index contributed by atoms with van der Waals surface area (Å²) in [5.41, 5.74) is 0.239. The van der Waals surface area contributed by atoms with Crippen LogP contribution in [-0.4, -0.2) is 25.3 Å². The SMILES string of the molecule is CC(C)C(CNC(C)(C)C)CC1CCOCC1. The summed E-state index contributed by atoms with van der Waals surface area (Å²) in [6.45, 7) is 14.6. The third-order valence-electron chi connectivity index (χ3n) is 3.81. The quantitative estimate of drug-likeness (QED) is 0.796. The molecule has 1 atom stereocenters. The van der Waals surface area contributed by atoms with E-state index in [1.54, 1.807) is 0 Å². The highest BCUT2D eigenvalue weighted by Crippen LogP contribution is 2.27. The Morgan fingerprint density at radius 2 is 1.76 bits per heavy atom. The van der Waals surface area contributed by atoms with E-state index >= 15 is 0 Å². The topological polar surface area (TPSA) is 21.3 Å². The molecule has 1 rings (SSSR count). The minimum Gasteiger partial charge on any atom is -0.381 e. The Balaban J connectivity index is 2.37. The van der Waals surface area contributed by atoms with Gasteiger partial charge in [0.2, 0.25) is 0 Å². The van der Waals surface area contributed by atoms with Crippen molar-refractivity contribution in [3.8, 4) is 0 Å². The summed E-state index contributed by atoms with van der Waals surface area (Å²) < 4.78 is 5.44. The lowest BCUT2D eigenvalue weighted by atomic mass is 9.83. The highest BCUT2D eigenvalue weighted by molar-refractivity contribution is 4.77. The summed E-state index contributed by atoms with van der Waals surface area (Å²) in [5, 5.41) is 3.66. The first kappa shape index (κ1) is 15.0. The predicted octanol–water partition coefficient (Wildman–Crippen LogP) is 3.46. The van der Waals surface area contributed by atoms with Crippen molar-refractivity contribution < 1.29 is 4.74 Å². The van der Waals surface area contributed by atoms with Crippen molar-refractivity contribution in [2.75, 3.05) is 19.8 Å². The Kier molecular flexibility index (Phi) is 5.94. The van der Waals surface area contributed by atoms with Crippen LogP contribution in [0.15, 0.2) is 0 Å². The normalized spacial score (nSPS) is 20.8. The van der Waals surface area contributed by atoms with Crippen LogP contribution in [0.5, 0.6) is 0 Å². The molecule has 0 aliphatic carbocycles. The molecule has 1 aliphatic rings. The molecule has 1 heterocycles. The average molecular weight is 241 g/mol. The van der Waals surface area contributed by atoms with Crippen molar-refractivity contribution in [2.24, 2.45) is 17.8 Å². The van der Waals surface area contributed by atoms with Gasteiger partial charge in [0.05, 0.1) is 0 Å². The summed E-state index contributed by atoms with van der Waals surface area (Å²) in [6, 6.07) is 0. The first-order valence-corrected chi connectivity index (χ1v) is 7.21. The van der Waals surface area contributed by atoms with Crippen LogP contribution in [0, 0.1) is 17.8 Å². The Morgan fingerprint density at radius 3 is 2.24 bits per heavy atom. The van der Waals surface area contributed by atoms with Crippen molar-refractivity contribution in [1.29, 1.82) is 0 Å². The van der Waals surface area contributed by atoms with Gasteiger partial charge in [-0.2, -0.15) is 0 Å². The Morgan fingerprint density at radius 1 is 1.18 bits per heavy atom. The van der Waals surface area contributed by atoms with Crippen LogP contribution in [0.25, 0.3) is 0 Å². The zero-order chi connectivity index (χ0) is 12.9. The van der Waals surface area contributed by atoms with Crippen molar-refractivity contribution in [3.63, 3.8) is 0 Å². The molecule has 1 fully saturated rings. The second-order valence-electron chi connectivity index (χ2n) is 6.93. The standard InChI is InChI=1S/C15H31NO/c1-12(2)14(11-16-15(3,4)5)10-13-6-8-17-9-7-13/h12-14,16H,6-11H2,1-5H3. The van der Waals surface area contributed by atoms with Crippen LogP contribution >= 0.6 is 0 Å². The number of hydrogen-bond acceptors (Lipinski definition) is 2. The Bertz CT molecular complexity index is 201. The molecule has 0 radical (unpaired) electrons. The summed E-state index contributed by atoms with van der Waals surface area (Å²) in [6.07, 6.45) is 3.89. The van der Waals surface area contributed by atoms with E-state index in [4.69, 9.17) is 4.74 Å². The molecule has 0 amide bonds. The van der Waals surface area contributed by atoms with Gasteiger partial charge >= 0.3 is 0 Å². The highest BCUT2D eigenvalue weighted by atomic mass is 16.5. The van der Waals surface area contributed by atoms with Gasteiger partial charge in [-0.25, -0.2) is 0 Å². The number of rotatable bonds is 5. The fraction of sp³-hybridized carbons (Fsp3) is 1.00. The van der Waals surface area contributed by atoms with E-state index in [-0.39, 0.29) is 5.54 Å². The molecule has 0 saturated carbocycles. The molecule has 2 heteroatoms. The van der Waals surface area contributed by atoms with Gasteiger partial charge in [0, 0.05) is 18.8 Å². The Hall–Kier alpha value is -0.0800. The van der Waals surface area contributed by atoms with E-state index in [0.717, 1.165) is 37.5 Å². The van der Waals surface area contributed by atoms with E-state index in [1.807, 2.05) is 0 Å². The summed E-state index contributed by atoms with van der Waals surface area (Å²) >= 11 is 0. The van der Waals surface area contributed by atoms with Crippen LogP contribution in [0.4, 0.5) is 0 Å².